The summed E-state index contributed by atoms with van der Waals surface area (Å²) in [5.41, 5.74) is 3.09. The number of nitrogens with zero attached hydrogens (tertiary/aromatic N) is 4. The third kappa shape index (κ3) is 4.91. The fourth-order valence-electron chi connectivity index (χ4n) is 3.74. The van der Waals surface area contributed by atoms with Gasteiger partial charge in [0.05, 0.1) is 23.0 Å². The molecule has 1 aliphatic rings. The Morgan fingerprint density at radius 2 is 1.47 bits per heavy atom. The number of anilines is 1. The minimum Gasteiger partial charge on any atom is -0.274 e. The molecule has 0 radical (unpaired) electrons. The van der Waals surface area contributed by atoms with E-state index in [1.807, 2.05) is 77.7 Å². The summed E-state index contributed by atoms with van der Waals surface area (Å²) in [6.07, 6.45) is 8.42. The molecule has 6 nitrogen and oxygen atoms in total. The maximum absolute atomic E-state index is 12.5. The quantitative estimate of drug-likeness (QED) is 0.172. The van der Waals surface area contributed by atoms with Crippen molar-refractivity contribution in [1.29, 1.82) is 0 Å². The van der Waals surface area contributed by atoms with Crippen LogP contribution in [-0.2, 0) is 7.05 Å². The molecule has 6 heteroatoms. The SMILES string of the molecule is C[n+]1ccc(/C=N/N(CCCCCN2C(=O)c3ccccc3C2=O)c2ccccc2)cc1. The van der Waals surface area contributed by atoms with E-state index in [1.54, 1.807) is 24.3 Å². The molecule has 32 heavy (non-hydrogen) atoms. The summed E-state index contributed by atoms with van der Waals surface area (Å²) in [5, 5.41) is 6.70. The van der Waals surface area contributed by atoms with Crippen molar-refractivity contribution in [2.24, 2.45) is 12.1 Å². The average molecular weight is 428 g/mol. The average Bonchev–Trinajstić information content (AvgIpc) is 3.07. The summed E-state index contributed by atoms with van der Waals surface area (Å²) in [7, 11) is 1.99. The number of amides is 2. The fraction of sp³-hybridized carbons (Fsp3) is 0.231. The van der Waals surface area contributed by atoms with Gasteiger partial charge in [0.1, 0.15) is 7.05 Å². The van der Waals surface area contributed by atoms with Gasteiger partial charge in [-0.1, -0.05) is 30.3 Å². The molecule has 0 bridgehead atoms. The summed E-state index contributed by atoms with van der Waals surface area (Å²) < 4.78 is 1.99. The fourth-order valence-corrected chi connectivity index (χ4v) is 3.74. The van der Waals surface area contributed by atoms with Crippen molar-refractivity contribution in [2.45, 2.75) is 19.3 Å². The number of imide groups is 1. The highest BCUT2D eigenvalue weighted by Crippen LogP contribution is 2.23. The predicted octanol–water partition coefficient (Wildman–Crippen LogP) is 3.82. The number of benzene rings is 2. The number of para-hydroxylation sites is 1. The van der Waals surface area contributed by atoms with E-state index in [-0.39, 0.29) is 11.8 Å². The van der Waals surface area contributed by atoms with Crippen LogP contribution in [0.3, 0.4) is 0 Å². The van der Waals surface area contributed by atoms with Gasteiger partial charge in [-0.3, -0.25) is 19.5 Å². The molecule has 0 aliphatic carbocycles. The highest BCUT2D eigenvalue weighted by atomic mass is 16.2. The van der Waals surface area contributed by atoms with E-state index in [2.05, 4.69) is 0 Å². The topological polar surface area (TPSA) is 56.9 Å². The first kappa shape index (κ1) is 21.4. The molecule has 0 unspecified atom stereocenters. The molecule has 162 valence electrons. The van der Waals surface area contributed by atoms with Crippen molar-refractivity contribution in [2.75, 3.05) is 18.1 Å². The number of aryl methyl sites for hydroxylation is 1. The number of pyridine rings is 1. The number of rotatable bonds is 9. The van der Waals surface area contributed by atoms with E-state index >= 15 is 0 Å². The lowest BCUT2D eigenvalue weighted by Crippen LogP contribution is -2.30. The molecule has 2 amide bonds. The van der Waals surface area contributed by atoms with Crippen molar-refractivity contribution in [3.8, 4) is 0 Å². The van der Waals surface area contributed by atoms with Crippen LogP contribution in [0.25, 0.3) is 0 Å². The van der Waals surface area contributed by atoms with Gasteiger partial charge < -0.3 is 0 Å². The molecule has 0 N–H and O–H groups in total. The number of aromatic nitrogens is 1. The molecule has 0 fully saturated rings. The molecule has 0 atom stereocenters. The number of unbranched alkanes of at least 4 members (excludes halogenated alkanes) is 2. The van der Waals surface area contributed by atoms with Gasteiger partial charge in [-0.2, -0.15) is 5.10 Å². The Balaban J connectivity index is 1.31. The minimum atomic E-state index is -0.183. The van der Waals surface area contributed by atoms with Crippen LogP contribution in [0.15, 0.2) is 84.2 Å². The molecule has 3 aromatic rings. The van der Waals surface area contributed by atoms with Crippen LogP contribution >= 0.6 is 0 Å². The Morgan fingerprint density at radius 1 is 0.844 bits per heavy atom. The summed E-state index contributed by atoms with van der Waals surface area (Å²) in [4.78, 5) is 26.3. The van der Waals surface area contributed by atoms with Gasteiger partial charge in [-0.05, 0) is 43.5 Å². The zero-order valence-corrected chi connectivity index (χ0v) is 18.2. The number of hydrazone groups is 1. The van der Waals surface area contributed by atoms with Crippen LogP contribution in [0.1, 0.15) is 45.5 Å². The summed E-state index contributed by atoms with van der Waals surface area (Å²) in [5.74, 6) is -0.366. The van der Waals surface area contributed by atoms with Crippen LogP contribution in [0.4, 0.5) is 5.69 Å². The molecular formula is C26H27N4O2+. The molecular weight excluding hydrogens is 400 g/mol. The van der Waals surface area contributed by atoms with Gasteiger partial charge in [0.2, 0.25) is 0 Å². The van der Waals surface area contributed by atoms with Gasteiger partial charge in [0.15, 0.2) is 12.4 Å². The number of fused-ring (bicyclic) bond motifs is 1. The predicted molar refractivity (Wildman–Crippen MR) is 125 cm³/mol. The first-order valence-corrected chi connectivity index (χ1v) is 10.9. The van der Waals surface area contributed by atoms with Crippen molar-refractivity contribution in [3.05, 3.63) is 95.8 Å². The highest BCUT2D eigenvalue weighted by molar-refractivity contribution is 6.21. The van der Waals surface area contributed by atoms with Crippen LogP contribution in [0, 0.1) is 0 Å². The van der Waals surface area contributed by atoms with Crippen molar-refractivity contribution < 1.29 is 14.2 Å². The van der Waals surface area contributed by atoms with Gasteiger partial charge in [-0.15, -0.1) is 0 Å². The maximum Gasteiger partial charge on any atom is 0.261 e. The number of hydrogen-bond acceptors (Lipinski definition) is 4. The van der Waals surface area contributed by atoms with Crippen LogP contribution in [-0.4, -0.2) is 36.0 Å². The number of carbonyl (C=O) groups is 2. The lowest BCUT2D eigenvalue weighted by Gasteiger charge is -2.19. The summed E-state index contributed by atoms with van der Waals surface area (Å²) in [6, 6.07) is 21.2. The molecule has 4 rings (SSSR count). The third-order valence-electron chi connectivity index (χ3n) is 5.53. The molecule has 2 aromatic carbocycles. The van der Waals surface area contributed by atoms with Crippen molar-refractivity contribution in [3.63, 3.8) is 0 Å². The number of hydrogen-bond donors (Lipinski definition) is 0. The van der Waals surface area contributed by atoms with Gasteiger partial charge >= 0.3 is 0 Å². The molecule has 0 saturated heterocycles. The Morgan fingerprint density at radius 3 is 2.12 bits per heavy atom. The second-order valence-corrected chi connectivity index (χ2v) is 7.87. The first-order chi connectivity index (χ1) is 15.6. The first-order valence-electron chi connectivity index (χ1n) is 10.9. The second-order valence-electron chi connectivity index (χ2n) is 7.87. The second kappa shape index (κ2) is 10.0. The molecule has 1 aliphatic heterocycles. The van der Waals surface area contributed by atoms with E-state index < -0.39 is 0 Å². The number of carbonyl (C=O) groups excluding carboxylic acids is 2. The maximum atomic E-state index is 12.5. The zero-order chi connectivity index (χ0) is 22.3. The van der Waals surface area contributed by atoms with Crippen LogP contribution in [0.5, 0.6) is 0 Å². The normalized spacial score (nSPS) is 13.1. The minimum absolute atomic E-state index is 0.183. The molecule has 2 heterocycles. The van der Waals surface area contributed by atoms with Crippen LogP contribution in [0.2, 0.25) is 0 Å². The Bertz CT molecular complexity index is 1080. The Hall–Kier alpha value is -3.80. The van der Waals surface area contributed by atoms with E-state index in [1.165, 1.54) is 4.90 Å². The summed E-state index contributed by atoms with van der Waals surface area (Å²) >= 11 is 0. The van der Waals surface area contributed by atoms with Gasteiger partial charge in [-0.25, -0.2) is 4.57 Å². The lowest BCUT2D eigenvalue weighted by atomic mass is 10.1. The van der Waals surface area contributed by atoms with E-state index in [9.17, 15) is 9.59 Å². The summed E-state index contributed by atoms with van der Waals surface area (Å²) in [6.45, 7) is 1.20. The Kier molecular flexibility index (Phi) is 6.70. The van der Waals surface area contributed by atoms with E-state index in [0.29, 0.717) is 17.7 Å². The molecule has 1 aromatic heterocycles. The van der Waals surface area contributed by atoms with Crippen LogP contribution < -0.4 is 9.58 Å². The van der Waals surface area contributed by atoms with E-state index in [4.69, 9.17) is 5.10 Å². The van der Waals surface area contributed by atoms with Gasteiger partial charge in [0.25, 0.3) is 11.8 Å². The van der Waals surface area contributed by atoms with Gasteiger partial charge in [0, 0.05) is 30.8 Å². The Labute approximate surface area is 188 Å². The lowest BCUT2D eigenvalue weighted by molar-refractivity contribution is -0.671. The third-order valence-corrected chi connectivity index (χ3v) is 5.53. The highest BCUT2D eigenvalue weighted by Gasteiger charge is 2.34. The van der Waals surface area contributed by atoms with Crippen molar-refractivity contribution >= 4 is 23.7 Å². The molecule has 0 saturated carbocycles. The van der Waals surface area contributed by atoms with E-state index in [0.717, 1.165) is 37.1 Å². The monoisotopic (exact) mass is 427 g/mol. The zero-order valence-electron chi connectivity index (χ0n) is 18.2. The standard InChI is InChI=1S/C26H27N4O2/c1-28-18-14-21(15-19-28)20-27-30(22-10-4-2-5-11-22)17-9-3-8-16-29-25(31)23-12-6-7-13-24(23)26(29)32/h2,4-7,10-15,18-20H,3,8-9,16-17H2,1H3/q+1. The smallest absolute Gasteiger partial charge is 0.261 e. The molecule has 0 spiro atoms. The van der Waals surface area contributed by atoms with Crippen molar-refractivity contribution in [1.82, 2.24) is 4.90 Å². The largest absolute Gasteiger partial charge is 0.274 e.